The van der Waals surface area contributed by atoms with Crippen LogP contribution in [0.15, 0.2) is 70.4 Å². The number of hydrogen-bond acceptors (Lipinski definition) is 4. The molecule has 0 radical (unpaired) electrons. The molecule has 1 heterocycles. The van der Waals surface area contributed by atoms with Crippen molar-refractivity contribution in [3.05, 3.63) is 88.3 Å². The molecule has 0 unspecified atom stereocenters. The number of carbonyl (C=O) groups excluding carboxylic acids is 1. The van der Waals surface area contributed by atoms with E-state index in [1.54, 1.807) is 0 Å². The molecular formula is C20H14F2N4O4S. The number of fused-ring (bicyclic) bond motifs is 1. The molecule has 4 rings (SSSR count). The van der Waals surface area contributed by atoms with Crippen molar-refractivity contribution in [2.24, 2.45) is 0 Å². The first-order valence-corrected chi connectivity index (χ1v) is 10.3. The number of sulfonamides is 1. The van der Waals surface area contributed by atoms with Gasteiger partial charge in [0.25, 0.3) is 15.9 Å². The normalized spacial score (nSPS) is 11.4. The first-order valence-electron chi connectivity index (χ1n) is 8.83. The van der Waals surface area contributed by atoms with Gasteiger partial charge < -0.3 is 15.3 Å². The van der Waals surface area contributed by atoms with Crippen LogP contribution in [-0.4, -0.2) is 24.3 Å². The lowest BCUT2D eigenvalue weighted by molar-refractivity contribution is 0.102. The number of para-hydroxylation sites is 1. The quantitative estimate of drug-likeness (QED) is 0.377. The van der Waals surface area contributed by atoms with Crippen LogP contribution >= 0.6 is 0 Å². The summed E-state index contributed by atoms with van der Waals surface area (Å²) < 4.78 is 54.5. The van der Waals surface area contributed by atoms with Gasteiger partial charge in [0.15, 0.2) is 11.6 Å². The predicted molar refractivity (Wildman–Crippen MR) is 110 cm³/mol. The molecule has 0 fully saturated rings. The van der Waals surface area contributed by atoms with Gasteiger partial charge in [-0.05, 0) is 42.5 Å². The molecule has 8 nitrogen and oxygen atoms in total. The number of imidazole rings is 1. The summed E-state index contributed by atoms with van der Waals surface area (Å²) >= 11 is 0. The molecule has 0 saturated carbocycles. The highest BCUT2D eigenvalue weighted by Gasteiger charge is 2.20. The number of nitrogens with one attached hydrogen (secondary N) is 4. The highest BCUT2D eigenvalue weighted by Crippen LogP contribution is 2.23. The van der Waals surface area contributed by atoms with E-state index in [2.05, 4.69) is 20.0 Å². The molecule has 0 aliphatic carbocycles. The molecule has 0 atom stereocenters. The van der Waals surface area contributed by atoms with E-state index in [9.17, 15) is 26.8 Å². The number of H-pyrrole nitrogens is 2. The minimum atomic E-state index is -4.11. The van der Waals surface area contributed by atoms with E-state index in [1.165, 1.54) is 48.5 Å². The number of amides is 1. The van der Waals surface area contributed by atoms with Gasteiger partial charge in [-0.15, -0.1) is 0 Å². The molecule has 1 aromatic heterocycles. The zero-order valence-corrected chi connectivity index (χ0v) is 16.4. The molecule has 158 valence electrons. The van der Waals surface area contributed by atoms with Crippen molar-refractivity contribution in [3.63, 3.8) is 0 Å². The lowest BCUT2D eigenvalue weighted by Crippen LogP contribution is -2.18. The second kappa shape index (κ2) is 7.69. The Bertz CT molecular complexity index is 1480. The SMILES string of the molecule is O=C(Nc1ccc(F)c(F)c1)c1ccccc1NS(=O)(=O)c1ccc2[nH]c(=O)[nH]c2c1. The Hall–Kier alpha value is -3.99. The molecule has 3 aromatic carbocycles. The molecule has 4 N–H and O–H groups in total. The fourth-order valence-corrected chi connectivity index (χ4v) is 4.03. The van der Waals surface area contributed by atoms with E-state index >= 15 is 0 Å². The predicted octanol–water partition coefficient (Wildman–Crippen LogP) is 3.19. The second-order valence-corrected chi connectivity index (χ2v) is 8.20. The highest BCUT2D eigenvalue weighted by molar-refractivity contribution is 7.92. The summed E-state index contributed by atoms with van der Waals surface area (Å²) in [6, 6.07) is 12.7. The van der Waals surface area contributed by atoms with Crippen LogP contribution in [0, 0.1) is 11.6 Å². The smallest absolute Gasteiger partial charge is 0.322 e. The van der Waals surface area contributed by atoms with Crippen molar-refractivity contribution < 1.29 is 22.0 Å². The Labute approximate surface area is 174 Å². The highest BCUT2D eigenvalue weighted by atomic mass is 32.2. The minimum absolute atomic E-state index is 0.00317. The maximum atomic E-state index is 13.4. The summed E-state index contributed by atoms with van der Waals surface area (Å²) in [6.07, 6.45) is 0. The topological polar surface area (TPSA) is 124 Å². The number of aromatic nitrogens is 2. The number of benzene rings is 3. The van der Waals surface area contributed by atoms with Crippen molar-refractivity contribution in [1.29, 1.82) is 0 Å². The van der Waals surface area contributed by atoms with Gasteiger partial charge in [-0.2, -0.15) is 0 Å². The Morgan fingerprint density at radius 3 is 2.39 bits per heavy atom. The Kier molecular flexibility index (Phi) is 5.03. The van der Waals surface area contributed by atoms with E-state index in [0.29, 0.717) is 11.0 Å². The first kappa shape index (κ1) is 20.3. The molecular weight excluding hydrogens is 430 g/mol. The van der Waals surface area contributed by atoms with Crippen LogP contribution in [0.2, 0.25) is 0 Å². The van der Waals surface area contributed by atoms with Crippen molar-refractivity contribution >= 4 is 38.3 Å². The van der Waals surface area contributed by atoms with Gasteiger partial charge in [-0.25, -0.2) is 22.0 Å². The zero-order chi connectivity index (χ0) is 22.2. The van der Waals surface area contributed by atoms with Crippen LogP contribution in [0.25, 0.3) is 11.0 Å². The number of hydrogen-bond donors (Lipinski definition) is 4. The number of halogens is 2. The fourth-order valence-electron chi connectivity index (χ4n) is 2.92. The van der Waals surface area contributed by atoms with Crippen LogP contribution in [0.1, 0.15) is 10.4 Å². The summed E-state index contributed by atoms with van der Waals surface area (Å²) in [4.78, 5) is 28.9. The third-order valence-electron chi connectivity index (χ3n) is 4.39. The summed E-state index contributed by atoms with van der Waals surface area (Å²) in [6.45, 7) is 0. The number of anilines is 2. The molecule has 0 saturated heterocycles. The van der Waals surface area contributed by atoms with E-state index in [4.69, 9.17) is 0 Å². The summed E-state index contributed by atoms with van der Waals surface area (Å²) in [5.74, 6) is -2.92. The Balaban J connectivity index is 1.63. The van der Waals surface area contributed by atoms with Crippen LogP contribution in [0.5, 0.6) is 0 Å². The van der Waals surface area contributed by atoms with Gasteiger partial charge >= 0.3 is 5.69 Å². The maximum absolute atomic E-state index is 13.4. The average molecular weight is 444 g/mol. The summed E-state index contributed by atoms with van der Waals surface area (Å²) in [5.41, 5.74) is 0.213. The zero-order valence-electron chi connectivity index (χ0n) is 15.6. The van der Waals surface area contributed by atoms with E-state index < -0.39 is 33.3 Å². The van der Waals surface area contributed by atoms with Gasteiger partial charge in [0.1, 0.15) is 0 Å². The van der Waals surface area contributed by atoms with Gasteiger partial charge in [-0.3, -0.25) is 9.52 Å². The van der Waals surface area contributed by atoms with Crippen molar-refractivity contribution in [1.82, 2.24) is 9.97 Å². The molecule has 11 heteroatoms. The molecule has 0 spiro atoms. The van der Waals surface area contributed by atoms with E-state index in [1.807, 2.05) is 0 Å². The Morgan fingerprint density at radius 1 is 0.871 bits per heavy atom. The van der Waals surface area contributed by atoms with Crippen LogP contribution < -0.4 is 15.7 Å². The largest absolute Gasteiger partial charge is 0.323 e. The molecule has 0 aliphatic heterocycles. The summed E-state index contributed by atoms with van der Waals surface area (Å²) in [7, 11) is -4.11. The lowest BCUT2D eigenvalue weighted by Gasteiger charge is -2.13. The van der Waals surface area contributed by atoms with Crippen molar-refractivity contribution in [3.8, 4) is 0 Å². The second-order valence-electron chi connectivity index (χ2n) is 6.52. The average Bonchev–Trinajstić information content (AvgIpc) is 3.10. The monoisotopic (exact) mass is 444 g/mol. The minimum Gasteiger partial charge on any atom is -0.322 e. The maximum Gasteiger partial charge on any atom is 0.323 e. The van der Waals surface area contributed by atoms with Crippen LogP contribution in [0.3, 0.4) is 0 Å². The Morgan fingerprint density at radius 2 is 1.61 bits per heavy atom. The van der Waals surface area contributed by atoms with Gasteiger partial charge in [0.05, 0.1) is 27.2 Å². The number of aromatic amines is 2. The third kappa shape index (κ3) is 4.16. The van der Waals surface area contributed by atoms with Crippen molar-refractivity contribution in [2.75, 3.05) is 10.0 Å². The van der Waals surface area contributed by atoms with Gasteiger partial charge in [0, 0.05) is 11.8 Å². The molecule has 4 aromatic rings. The molecule has 1 amide bonds. The first-order chi connectivity index (χ1) is 14.7. The van der Waals surface area contributed by atoms with E-state index in [0.717, 1.165) is 12.1 Å². The summed E-state index contributed by atoms with van der Waals surface area (Å²) in [5, 5.41) is 2.39. The van der Waals surface area contributed by atoms with Crippen LogP contribution in [-0.2, 0) is 10.0 Å². The fraction of sp³-hybridized carbons (Fsp3) is 0. The van der Waals surface area contributed by atoms with Gasteiger partial charge in [0.2, 0.25) is 0 Å². The number of carbonyl (C=O) groups is 1. The molecule has 31 heavy (non-hydrogen) atoms. The lowest BCUT2D eigenvalue weighted by atomic mass is 10.1. The van der Waals surface area contributed by atoms with E-state index in [-0.39, 0.29) is 21.8 Å². The number of rotatable bonds is 5. The van der Waals surface area contributed by atoms with Crippen LogP contribution in [0.4, 0.5) is 20.2 Å². The third-order valence-corrected chi connectivity index (χ3v) is 5.75. The van der Waals surface area contributed by atoms with Crippen molar-refractivity contribution in [2.45, 2.75) is 4.90 Å². The molecule has 0 bridgehead atoms. The standard InChI is InChI=1S/C20H14F2N4O4S/c21-14-7-5-11(9-15(14)22)23-19(27)13-3-1-2-4-16(13)26-31(29,30)12-6-8-17-18(10-12)25-20(28)24-17/h1-10,26H,(H,23,27)(H2,24,25,28). The molecule has 0 aliphatic rings. The van der Waals surface area contributed by atoms with Gasteiger partial charge in [-0.1, -0.05) is 12.1 Å².